The number of carbonyl (C=O) groups is 2. The number of carboxylic acids is 1. The zero-order valence-electron chi connectivity index (χ0n) is 22.3. The van der Waals surface area contributed by atoms with Gasteiger partial charge in [0.1, 0.15) is 5.75 Å². The first-order valence-electron chi connectivity index (χ1n) is 14.0. The molecule has 4 bridgehead atoms. The van der Waals surface area contributed by atoms with E-state index in [-0.39, 0.29) is 30.3 Å². The highest BCUT2D eigenvalue weighted by Gasteiger charge is 2.66. The van der Waals surface area contributed by atoms with Crippen LogP contribution >= 0.6 is 0 Å². The number of fused-ring (bicyclic) bond motifs is 9. The molecule has 6 rings (SSSR count). The fraction of sp³-hybridized carbons (Fsp3) is 0.548. The van der Waals surface area contributed by atoms with E-state index >= 15 is 0 Å². The smallest absolute Gasteiger partial charge is 0.382 e. The summed E-state index contributed by atoms with van der Waals surface area (Å²) in [6, 6.07) is 12.8. The van der Waals surface area contributed by atoms with E-state index in [0.29, 0.717) is 11.7 Å². The van der Waals surface area contributed by atoms with E-state index in [4.69, 9.17) is 24.1 Å². The molecule has 0 spiro atoms. The number of esters is 1. The van der Waals surface area contributed by atoms with Crippen molar-refractivity contribution in [2.45, 2.75) is 56.7 Å². The van der Waals surface area contributed by atoms with Crippen LogP contribution in [0.3, 0.4) is 0 Å². The first-order chi connectivity index (χ1) is 19.2. The number of ether oxygens (including phenoxy) is 4. The van der Waals surface area contributed by atoms with Gasteiger partial charge in [-0.1, -0.05) is 30.3 Å². The number of halogens is 2. The Hall–Kier alpha value is -3.04. The predicted octanol–water partition coefficient (Wildman–Crippen LogP) is 6.09. The Labute approximate surface area is 231 Å². The summed E-state index contributed by atoms with van der Waals surface area (Å²) in [7, 11) is 0. The molecule has 0 aliphatic heterocycles. The SMILES string of the molecule is CC1(OCOCOc2ccc(C(=O)OC(c3ccccc3)C(F)(F)C(=O)O)cc2)CC2CC1C1C3CCC(C3)C21. The van der Waals surface area contributed by atoms with Crippen LogP contribution in [0, 0.1) is 35.5 Å². The highest BCUT2D eigenvalue weighted by molar-refractivity contribution is 5.90. The summed E-state index contributed by atoms with van der Waals surface area (Å²) in [5, 5.41) is 9.00. The van der Waals surface area contributed by atoms with Crippen LogP contribution in [-0.4, -0.2) is 42.2 Å². The predicted molar refractivity (Wildman–Crippen MR) is 139 cm³/mol. The van der Waals surface area contributed by atoms with Gasteiger partial charge in [-0.2, -0.15) is 8.78 Å². The third kappa shape index (κ3) is 4.77. The van der Waals surface area contributed by atoms with E-state index in [0.717, 1.165) is 36.0 Å². The van der Waals surface area contributed by atoms with Crippen molar-refractivity contribution < 1.29 is 42.4 Å². The molecule has 7 nitrogen and oxygen atoms in total. The number of carbonyl (C=O) groups excluding carboxylic acids is 1. The first kappa shape index (κ1) is 27.1. The van der Waals surface area contributed by atoms with E-state index in [2.05, 4.69) is 6.92 Å². The van der Waals surface area contributed by atoms with E-state index in [1.807, 2.05) is 0 Å². The van der Waals surface area contributed by atoms with Crippen molar-refractivity contribution in [1.29, 1.82) is 0 Å². The van der Waals surface area contributed by atoms with Crippen molar-refractivity contribution in [2.75, 3.05) is 13.6 Å². The first-order valence-corrected chi connectivity index (χ1v) is 14.0. The summed E-state index contributed by atoms with van der Waals surface area (Å²) in [6.07, 6.45) is 4.33. The van der Waals surface area contributed by atoms with Crippen LogP contribution in [0.15, 0.2) is 54.6 Å². The minimum absolute atomic E-state index is 0.0261. The third-order valence-corrected chi connectivity index (χ3v) is 9.88. The zero-order chi connectivity index (χ0) is 28.1. The second-order valence-electron chi connectivity index (χ2n) is 12.0. The van der Waals surface area contributed by atoms with Crippen LogP contribution in [0.1, 0.15) is 61.1 Å². The number of rotatable bonds is 11. The van der Waals surface area contributed by atoms with Crippen LogP contribution < -0.4 is 4.74 Å². The molecule has 4 aliphatic carbocycles. The molecule has 214 valence electrons. The fourth-order valence-electron chi connectivity index (χ4n) is 8.30. The fourth-order valence-corrected chi connectivity index (χ4v) is 8.30. The molecule has 4 aliphatic rings. The number of benzene rings is 2. The molecule has 0 amide bonds. The summed E-state index contributed by atoms with van der Waals surface area (Å²) < 4.78 is 51.2. The molecule has 0 aromatic heterocycles. The van der Waals surface area contributed by atoms with Gasteiger partial charge >= 0.3 is 17.9 Å². The molecule has 2 aromatic carbocycles. The molecule has 9 heteroatoms. The lowest BCUT2D eigenvalue weighted by Crippen LogP contribution is -2.45. The maximum absolute atomic E-state index is 14.4. The highest BCUT2D eigenvalue weighted by atomic mass is 19.3. The lowest BCUT2D eigenvalue weighted by atomic mass is 9.66. The third-order valence-electron chi connectivity index (χ3n) is 9.88. The standard InChI is InChI=1S/C31H34F2O7/c1-30(15-22-14-24(30)26-21-8-7-20(13-21)25(22)26)39-17-37-16-38-23-11-9-19(10-12-23)28(34)40-27(31(32,33)29(35)36)18-5-3-2-4-6-18/h2-6,9-12,20-22,24-27H,7-8,13-17H2,1H3,(H,35,36). The molecule has 4 fully saturated rings. The summed E-state index contributed by atoms with van der Waals surface area (Å²) >= 11 is 0. The van der Waals surface area contributed by atoms with Crippen molar-refractivity contribution >= 4 is 11.9 Å². The Morgan fingerprint density at radius 3 is 2.38 bits per heavy atom. The summed E-state index contributed by atoms with van der Waals surface area (Å²) in [6.45, 7) is 2.32. The van der Waals surface area contributed by atoms with Gasteiger partial charge in [-0.25, -0.2) is 9.59 Å². The van der Waals surface area contributed by atoms with E-state index in [9.17, 15) is 18.4 Å². The average Bonchev–Trinajstić information content (AvgIpc) is 3.72. The topological polar surface area (TPSA) is 91.3 Å². The maximum atomic E-state index is 14.4. The minimum Gasteiger partial charge on any atom is -0.477 e. The van der Waals surface area contributed by atoms with Crippen molar-refractivity contribution in [2.24, 2.45) is 35.5 Å². The maximum Gasteiger partial charge on any atom is 0.382 e. The van der Waals surface area contributed by atoms with Gasteiger partial charge in [-0.15, -0.1) is 0 Å². The monoisotopic (exact) mass is 556 g/mol. The van der Waals surface area contributed by atoms with Gasteiger partial charge < -0.3 is 24.1 Å². The zero-order valence-corrected chi connectivity index (χ0v) is 22.3. The van der Waals surface area contributed by atoms with Crippen molar-refractivity contribution in [3.8, 4) is 5.75 Å². The van der Waals surface area contributed by atoms with Crippen molar-refractivity contribution in [1.82, 2.24) is 0 Å². The molecule has 0 heterocycles. The number of alkyl halides is 2. The summed E-state index contributed by atoms with van der Waals surface area (Å²) in [5.74, 6) is -2.39. The second kappa shape index (κ2) is 10.4. The van der Waals surface area contributed by atoms with Gasteiger partial charge in [0.15, 0.2) is 13.6 Å². The van der Waals surface area contributed by atoms with Crippen LogP contribution in [-0.2, 0) is 19.0 Å². The van der Waals surface area contributed by atoms with Crippen molar-refractivity contribution in [3.05, 3.63) is 65.7 Å². The Bertz CT molecular complexity index is 1240. The highest BCUT2D eigenvalue weighted by Crippen LogP contribution is 2.70. The Morgan fingerprint density at radius 2 is 1.68 bits per heavy atom. The van der Waals surface area contributed by atoms with Gasteiger partial charge in [-0.05, 0) is 104 Å². The average molecular weight is 557 g/mol. The lowest BCUT2D eigenvalue weighted by molar-refractivity contribution is -0.187. The Kier molecular flexibility index (Phi) is 7.07. The van der Waals surface area contributed by atoms with Crippen LogP contribution in [0.4, 0.5) is 8.78 Å². The molecule has 4 saturated carbocycles. The molecular weight excluding hydrogens is 522 g/mol. The molecular formula is C31H34F2O7. The Morgan fingerprint density at radius 1 is 0.975 bits per heavy atom. The minimum atomic E-state index is -4.31. The lowest BCUT2D eigenvalue weighted by Gasteiger charge is -2.44. The quantitative estimate of drug-likeness (QED) is 0.155. The normalized spacial score (nSPS) is 32.6. The van der Waals surface area contributed by atoms with Crippen LogP contribution in [0.25, 0.3) is 0 Å². The van der Waals surface area contributed by atoms with Crippen LogP contribution in [0.5, 0.6) is 5.75 Å². The molecule has 40 heavy (non-hydrogen) atoms. The molecule has 8 atom stereocenters. The van der Waals surface area contributed by atoms with Gasteiger partial charge in [-0.3, -0.25) is 0 Å². The Balaban J connectivity index is 0.981. The van der Waals surface area contributed by atoms with Crippen LogP contribution in [0.2, 0.25) is 0 Å². The number of hydrogen-bond acceptors (Lipinski definition) is 6. The molecule has 1 N–H and O–H groups in total. The van der Waals surface area contributed by atoms with Gasteiger partial charge in [0.25, 0.3) is 0 Å². The summed E-state index contributed by atoms with van der Waals surface area (Å²) in [4.78, 5) is 23.8. The number of hydrogen-bond donors (Lipinski definition) is 1. The molecule has 0 radical (unpaired) electrons. The van der Waals surface area contributed by atoms with Crippen molar-refractivity contribution in [3.63, 3.8) is 0 Å². The van der Waals surface area contributed by atoms with E-state index in [1.54, 1.807) is 6.07 Å². The number of aliphatic carboxylic acids is 1. The number of carboxylic acid groups (broad SMARTS) is 1. The molecule has 2 aromatic rings. The van der Waals surface area contributed by atoms with Gasteiger partial charge in [0.2, 0.25) is 6.10 Å². The van der Waals surface area contributed by atoms with E-state index in [1.165, 1.54) is 74.2 Å². The summed E-state index contributed by atoms with van der Waals surface area (Å²) in [5.41, 5.74) is -0.299. The van der Waals surface area contributed by atoms with E-state index < -0.39 is 24.0 Å². The molecule has 8 unspecified atom stereocenters. The largest absolute Gasteiger partial charge is 0.477 e. The second-order valence-corrected chi connectivity index (χ2v) is 12.0. The van der Waals surface area contributed by atoms with Gasteiger partial charge in [0, 0.05) is 0 Å². The molecule has 0 saturated heterocycles. The van der Waals surface area contributed by atoms with Gasteiger partial charge in [0.05, 0.1) is 11.2 Å².